The molecule has 0 bridgehead atoms. The van der Waals surface area contributed by atoms with Crippen LogP contribution in [0.5, 0.6) is 0 Å². The summed E-state index contributed by atoms with van der Waals surface area (Å²) >= 11 is 0. The van der Waals surface area contributed by atoms with Crippen LogP contribution in [-0.2, 0) is 14.3 Å². The molecule has 3 heteroatoms. The number of ketones is 1. The number of esters is 1. The Morgan fingerprint density at radius 2 is 1.95 bits per heavy atom. The fraction of sp³-hybridized carbons (Fsp3) is 0.529. The number of hydrogen-bond acceptors (Lipinski definition) is 3. The van der Waals surface area contributed by atoms with E-state index in [1.165, 1.54) is 6.92 Å². The highest BCUT2D eigenvalue weighted by atomic mass is 16.6. The van der Waals surface area contributed by atoms with Gasteiger partial charge in [0.2, 0.25) is 0 Å². The quantitative estimate of drug-likeness (QED) is 0.539. The van der Waals surface area contributed by atoms with Crippen LogP contribution < -0.4 is 0 Å². The van der Waals surface area contributed by atoms with E-state index in [2.05, 4.69) is 0 Å². The monoisotopic (exact) mass is 276 g/mol. The van der Waals surface area contributed by atoms with E-state index in [0.717, 1.165) is 30.4 Å². The van der Waals surface area contributed by atoms with Gasteiger partial charge in [-0.2, -0.15) is 0 Å². The molecule has 3 nitrogen and oxygen atoms in total. The van der Waals surface area contributed by atoms with Gasteiger partial charge in [0.1, 0.15) is 5.60 Å². The molecule has 0 radical (unpaired) electrons. The normalized spacial score (nSPS) is 28.4. The van der Waals surface area contributed by atoms with Gasteiger partial charge in [-0.05, 0) is 59.1 Å². The van der Waals surface area contributed by atoms with E-state index in [0.29, 0.717) is 5.57 Å². The molecule has 0 saturated carbocycles. The maximum absolute atomic E-state index is 12.2. The summed E-state index contributed by atoms with van der Waals surface area (Å²) in [5.41, 5.74) is 2.05. The fourth-order valence-corrected chi connectivity index (χ4v) is 2.34. The number of carbonyl (C=O) groups is 2. The number of ether oxygens (including phenoxy) is 1. The Kier molecular flexibility index (Phi) is 5.49. The molecule has 0 aromatic rings. The second kappa shape index (κ2) is 6.69. The minimum atomic E-state index is -0.648. The molecule has 0 spiro atoms. The van der Waals surface area contributed by atoms with Crippen LogP contribution >= 0.6 is 0 Å². The fourth-order valence-electron chi connectivity index (χ4n) is 2.34. The molecule has 0 heterocycles. The maximum atomic E-state index is 12.2. The third-order valence-corrected chi connectivity index (χ3v) is 3.41. The first kappa shape index (κ1) is 16.4. The average Bonchev–Trinajstić information content (AvgIpc) is 2.26. The summed E-state index contributed by atoms with van der Waals surface area (Å²) < 4.78 is 5.43. The molecule has 1 atom stereocenters. The zero-order valence-corrected chi connectivity index (χ0v) is 13.1. The smallest absolute Gasteiger partial charge is 0.303 e. The third-order valence-electron chi connectivity index (χ3n) is 3.41. The third kappa shape index (κ3) is 4.80. The molecule has 0 saturated heterocycles. The molecule has 1 rings (SSSR count). The van der Waals surface area contributed by atoms with Crippen molar-refractivity contribution in [2.24, 2.45) is 0 Å². The number of rotatable bonds is 1. The van der Waals surface area contributed by atoms with Gasteiger partial charge in [0.05, 0.1) is 0 Å². The lowest BCUT2D eigenvalue weighted by atomic mass is 9.92. The molecule has 1 unspecified atom stereocenters. The van der Waals surface area contributed by atoms with Gasteiger partial charge in [-0.1, -0.05) is 17.2 Å². The van der Waals surface area contributed by atoms with Gasteiger partial charge in [0, 0.05) is 12.5 Å². The molecule has 0 fully saturated rings. The van der Waals surface area contributed by atoms with Crippen molar-refractivity contribution in [1.82, 2.24) is 0 Å². The van der Waals surface area contributed by atoms with Crippen LogP contribution in [0, 0.1) is 0 Å². The first-order chi connectivity index (χ1) is 9.23. The first-order valence-electron chi connectivity index (χ1n) is 7.01. The molecular weight excluding hydrogens is 252 g/mol. The highest BCUT2D eigenvalue weighted by molar-refractivity contribution is 6.06. The van der Waals surface area contributed by atoms with Crippen LogP contribution in [0.2, 0.25) is 0 Å². The number of hydrogen-bond donors (Lipinski definition) is 0. The SMILES string of the molecule is CC(=O)OC1(C)/C=C\C(=C(C)C)C(=O)/C=C(/C)CCC1. The Bertz CT molecular complexity index is 490. The Morgan fingerprint density at radius 1 is 1.30 bits per heavy atom. The van der Waals surface area contributed by atoms with Crippen molar-refractivity contribution in [1.29, 1.82) is 0 Å². The molecule has 0 aliphatic heterocycles. The van der Waals surface area contributed by atoms with E-state index in [-0.39, 0.29) is 11.8 Å². The van der Waals surface area contributed by atoms with Crippen LogP contribution in [0.25, 0.3) is 0 Å². The van der Waals surface area contributed by atoms with Crippen LogP contribution in [0.4, 0.5) is 0 Å². The predicted octanol–water partition coefficient (Wildman–Crippen LogP) is 3.90. The second-order valence-corrected chi connectivity index (χ2v) is 5.86. The molecule has 0 N–H and O–H groups in total. The van der Waals surface area contributed by atoms with Crippen molar-refractivity contribution in [3.05, 3.63) is 34.9 Å². The van der Waals surface area contributed by atoms with E-state index in [4.69, 9.17) is 4.74 Å². The largest absolute Gasteiger partial charge is 0.455 e. The Labute approximate surface area is 121 Å². The standard InChI is InChI=1S/C17H24O3/c1-12(2)15-8-10-17(5,20-14(4)18)9-6-7-13(3)11-16(15)19/h8,10-11H,6-7,9H2,1-5H3/b10-8-,13-11-. The predicted molar refractivity (Wildman–Crippen MR) is 80.3 cm³/mol. The minimum absolute atomic E-state index is 0.0193. The van der Waals surface area contributed by atoms with Crippen molar-refractivity contribution in [2.75, 3.05) is 0 Å². The molecule has 1 aliphatic carbocycles. The zero-order chi connectivity index (χ0) is 15.3. The van der Waals surface area contributed by atoms with Crippen molar-refractivity contribution in [2.45, 2.75) is 59.5 Å². The summed E-state index contributed by atoms with van der Waals surface area (Å²) in [6, 6.07) is 0. The number of allylic oxidation sites excluding steroid dienone is 5. The van der Waals surface area contributed by atoms with Gasteiger partial charge in [-0.25, -0.2) is 0 Å². The topological polar surface area (TPSA) is 43.4 Å². The molecule has 110 valence electrons. The van der Waals surface area contributed by atoms with Gasteiger partial charge in [-0.15, -0.1) is 0 Å². The van der Waals surface area contributed by atoms with Crippen molar-refractivity contribution < 1.29 is 14.3 Å². The van der Waals surface area contributed by atoms with Crippen molar-refractivity contribution in [3.63, 3.8) is 0 Å². The molecule has 0 aromatic heterocycles. The van der Waals surface area contributed by atoms with Crippen molar-refractivity contribution in [3.8, 4) is 0 Å². The molecule has 20 heavy (non-hydrogen) atoms. The summed E-state index contributed by atoms with van der Waals surface area (Å²) in [6.07, 6.45) is 7.80. The number of carbonyl (C=O) groups excluding carboxylic acids is 2. The van der Waals surface area contributed by atoms with Crippen LogP contribution in [0.1, 0.15) is 53.9 Å². The lowest BCUT2D eigenvalue weighted by Gasteiger charge is -2.26. The van der Waals surface area contributed by atoms with Gasteiger partial charge in [0.15, 0.2) is 5.78 Å². The van der Waals surface area contributed by atoms with Gasteiger partial charge < -0.3 is 4.74 Å². The van der Waals surface area contributed by atoms with E-state index >= 15 is 0 Å². The molecular formula is C17H24O3. The van der Waals surface area contributed by atoms with Crippen LogP contribution in [0.3, 0.4) is 0 Å². The van der Waals surface area contributed by atoms with E-state index in [9.17, 15) is 9.59 Å². The van der Waals surface area contributed by atoms with Gasteiger partial charge >= 0.3 is 5.97 Å². The zero-order valence-electron chi connectivity index (χ0n) is 13.1. The van der Waals surface area contributed by atoms with Gasteiger partial charge in [-0.3, -0.25) is 9.59 Å². The highest BCUT2D eigenvalue weighted by Gasteiger charge is 2.25. The Hall–Kier alpha value is -1.64. The van der Waals surface area contributed by atoms with Crippen molar-refractivity contribution >= 4 is 11.8 Å². The summed E-state index contributed by atoms with van der Waals surface area (Å²) in [7, 11) is 0. The van der Waals surface area contributed by atoms with E-state index < -0.39 is 5.60 Å². The summed E-state index contributed by atoms with van der Waals surface area (Å²) in [6.45, 7) is 9.09. The van der Waals surface area contributed by atoms with E-state index in [1.54, 1.807) is 12.2 Å². The first-order valence-corrected chi connectivity index (χ1v) is 7.01. The Morgan fingerprint density at radius 3 is 2.50 bits per heavy atom. The summed E-state index contributed by atoms with van der Waals surface area (Å²) in [4.78, 5) is 23.5. The molecule has 1 aliphatic rings. The highest BCUT2D eigenvalue weighted by Crippen LogP contribution is 2.25. The minimum Gasteiger partial charge on any atom is -0.455 e. The van der Waals surface area contributed by atoms with Gasteiger partial charge in [0.25, 0.3) is 0 Å². The average molecular weight is 276 g/mol. The lowest BCUT2D eigenvalue weighted by molar-refractivity contribution is -0.151. The summed E-state index contributed by atoms with van der Waals surface area (Å²) in [5, 5.41) is 0. The van der Waals surface area contributed by atoms with Crippen LogP contribution in [-0.4, -0.2) is 17.4 Å². The Balaban J connectivity index is 3.18. The maximum Gasteiger partial charge on any atom is 0.303 e. The van der Waals surface area contributed by atoms with Crippen LogP contribution in [0.15, 0.2) is 34.9 Å². The molecule has 0 amide bonds. The summed E-state index contributed by atoms with van der Waals surface area (Å²) in [5.74, 6) is -0.280. The lowest BCUT2D eigenvalue weighted by Crippen LogP contribution is -2.29. The molecule has 0 aromatic carbocycles. The second-order valence-electron chi connectivity index (χ2n) is 5.86. The van der Waals surface area contributed by atoms with E-state index in [1.807, 2.05) is 33.8 Å².